The maximum Gasteiger partial charge on any atom is 0.244 e. The van der Waals surface area contributed by atoms with Gasteiger partial charge in [0.2, 0.25) is 21.7 Å². The second-order valence-electron chi connectivity index (χ2n) is 7.29. The van der Waals surface area contributed by atoms with Crippen LogP contribution in [0.5, 0.6) is 0 Å². The summed E-state index contributed by atoms with van der Waals surface area (Å²) in [5.74, 6) is 0.473. The number of rotatable bonds is 5. The SMILES string of the molecule is Cc1ccc(-c2noc([C@@H]3C[C@H](NS(=O)(=O)c4ccc(F)cc4)CN3C)n2)cc1. The molecule has 0 spiro atoms. The molecule has 0 saturated carbocycles. The van der Waals surface area contributed by atoms with Crippen LogP contribution in [0.1, 0.15) is 23.9 Å². The summed E-state index contributed by atoms with van der Waals surface area (Å²) in [6.45, 7) is 2.50. The van der Waals surface area contributed by atoms with E-state index in [0.717, 1.165) is 23.3 Å². The number of sulfonamides is 1. The Hall–Kier alpha value is -2.62. The average molecular weight is 416 g/mol. The Morgan fingerprint density at radius 2 is 1.83 bits per heavy atom. The van der Waals surface area contributed by atoms with Crippen LogP contribution in [0.2, 0.25) is 0 Å². The molecular weight excluding hydrogens is 395 g/mol. The van der Waals surface area contributed by atoms with Gasteiger partial charge in [-0.05, 0) is 44.7 Å². The summed E-state index contributed by atoms with van der Waals surface area (Å²) >= 11 is 0. The summed E-state index contributed by atoms with van der Waals surface area (Å²) in [5, 5.41) is 4.06. The highest BCUT2D eigenvalue weighted by Gasteiger charge is 2.36. The number of aromatic nitrogens is 2. The van der Waals surface area contributed by atoms with Crippen LogP contribution in [0, 0.1) is 12.7 Å². The van der Waals surface area contributed by atoms with E-state index in [1.54, 1.807) is 0 Å². The van der Waals surface area contributed by atoms with Crippen molar-refractivity contribution in [1.82, 2.24) is 19.8 Å². The second kappa shape index (κ2) is 7.66. The molecule has 0 radical (unpaired) electrons. The van der Waals surface area contributed by atoms with Crippen molar-refractivity contribution < 1.29 is 17.3 Å². The smallest absolute Gasteiger partial charge is 0.244 e. The van der Waals surface area contributed by atoms with Gasteiger partial charge in [-0.25, -0.2) is 17.5 Å². The Balaban J connectivity index is 1.47. The molecule has 1 N–H and O–H groups in total. The first-order valence-corrected chi connectivity index (χ1v) is 10.7. The van der Waals surface area contributed by atoms with Crippen LogP contribution in [-0.2, 0) is 10.0 Å². The summed E-state index contributed by atoms with van der Waals surface area (Å²) in [7, 11) is -1.86. The number of nitrogens with one attached hydrogen (secondary N) is 1. The third kappa shape index (κ3) is 4.21. The second-order valence-corrected chi connectivity index (χ2v) is 9.00. The van der Waals surface area contributed by atoms with E-state index in [1.807, 2.05) is 43.1 Å². The average Bonchev–Trinajstić information content (AvgIpc) is 3.29. The number of nitrogens with zero attached hydrogens (tertiary/aromatic N) is 3. The molecule has 2 atom stereocenters. The first-order valence-electron chi connectivity index (χ1n) is 9.20. The van der Waals surface area contributed by atoms with Crippen LogP contribution in [0.15, 0.2) is 57.9 Å². The molecule has 2 heterocycles. The fourth-order valence-corrected chi connectivity index (χ4v) is 4.71. The first kappa shape index (κ1) is 19.7. The molecule has 1 saturated heterocycles. The first-order chi connectivity index (χ1) is 13.8. The molecule has 0 aliphatic carbocycles. The fraction of sp³-hybridized carbons (Fsp3) is 0.300. The zero-order chi connectivity index (χ0) is 20.6. The van der Waals surface area contributed by atoms with Crippen molar-refractivity contribution in [3.8, 4) is 11.4 Å². The Bertz CT molecular complexity index is 1100. The predicted molar refractivity (Wildman–Crippen MR) is 105 cm³/mol. The standard InChI is InChI=1S/C20H21FN4O3S/c1-13-3-5-14(6-4-13)19-22-20(28-23-19)18-11-16(12-25(18)2)24-29(26,27)17-9-7-15(21)8-10-17/h3-10,16,18,24H,11-12H2,1-2H3/t16-,18-/m0/s1. The van der Waals surface area contributed by atoms with Crippen molar-refractivity contribution in [2.75, 3.05) is 13.6 Å². The van der Waals surface area contributed by atoms with Crippen LogP contribution < -0.4 is 4.72 Å². The minimum absolute atomic E-state index is 0.0319. The van der Waals surface area contributed by atoms with E-state index in [-0.39, 0.29) is 17.0 Å². The molecule has 1 aromatic heterocycles. The lowest BCUT2D eigenvalue weighted by atomic mass is 10.1. The highest BCUT2D eigenvalue weighted by molar-refractivity contribution is 7.89. The summed E-state index contributed by atoms with van der Waals surface area (Å²) in [6, 6.07) is 12.1. The maximum absolute atomic E-state index is 13.1. The van der Waals surface area contributed by atoms with Gasteiger partial charge in [0.05, 0.1) is 10.9 Å². The molecule has 1 aliphatic rings. The van der Waals surface area contributed by atoms with E-state index >= 15 is 0 Å². The molecule has 0 bridgehead atoms. The van der Waals surface area contributed by atoms with Gasteiger partial charge in [0.1, 0.15) is 5.82 Å². The maximum atomic E-state index is 13.1. The third-order valence-corrected chi connectivity index (χ3v) is 6.57. The van der Waals surface area contributed by atoms with E-state index < -0.39 is 15.8 Å². The van der Waals surface area contributed by atoms with Crippen LogP contribution in [0.3, 0.4) is 0 Å². The molecule has 2 aromatic carbocycles. The lowest BCUT2D eigenvalue weighted by Gasteiger charge is -2.14. The summed E-state index contributed by atoms with van der Waals surface area (Å²) in [4.78, 5) is 6.51. The van der Waals surface area contributed by atoms with Gasteiger partial charge < -0.3 is 4.52 Å². The monoisotopic (exact) mass is 416 g/mol. The van der Waals surface area contributed by atoms with Gasteiger partial charge in [-0.1, -0.05) is 35.0 Å². The van der Waals surface area contributed by atoms with Gasteiger partial charge in [-0.15, -0.1) is 0 Å². The largest absolute Gasteiger partial charge is 0.337 e. The van der Waals surface area contributed by atoms with Crippen molar-refractivity contribution in [3.63, 3.8) is 0 Å². The van der Waals surface area contributed by atoms with Gasteiger partial charge in [0.15, 0.2) is 0 Å². The molecule has 1 aliphatic heterocycles. The molecule has 152 valence electrons. The Labute approximate surface area is 168 Å². The summed E-state index contributed by atoms with van der Waals surface area (Å²) < 4.78 is 46.3. The predicted octanol–water partition coefficient (Wildman–Crippen LogP) is 2.91. The molecule has 4 rings (SSSR count). The quantitative estimate of drug-likeness (QED) is 0.688. The van der Waals surface area contributed by atoms with Gasteiger partial charge >= 0.3 is 0 Å². The minimum Gasteiger partial charge on any atom is -0.337 e. The van der Waals surface area contributed by atoms with E-state index in [2.05, 4.69) is 14.9 Å². The highest BCUT2D eigenvalue weighted by atomic mass is 32.2. The topological polar surface area (TPSA) is 88.3 Å². The molecule has 1 fully saturated rings. The number of aryl methyl sites for hydroxylation is 1. The van der Waals surface area contributed by atoms with Crippen LogP contribution >= 0.6 is 0 Å². The van der Waals surface area contributed by atoms with E-state index in [4.69, 9.17) is 4.52 Å². The molecule has 0 unspecified atom stereocenters. The summed E-state index contributed by atoms with van der Waals surface area (Å²) in [6.07, 6.45) is 0.493. The molecule has 7 nitrogen and oxygen atoms in total. The molecular formula is C20H21FN4O3S. The molecule has 29 heavy (non-hydrogen) atoms. The fourth-order valence-electron chi connectivity index (χ4n) is 3.47. The van der Waals surface area contributed by atoms with Crippen molar-refractivity contribution >= 4 is 10.0 Å². The van der Waals surface area contributed by atoms with Crippen molar-refractivity contribution in [2.24, 2.45) is 0 Å². The minimum atomic E-state index is -3.74. The number of benzene rings is 2. The lowest BCUT2D eigenvalue weighted by molar-refractivity contribution is 0.244. The van der Waals surface area contributed by atoms with E-state index in [9.17, 15) is 12.8 Å². The van der Waals surface area contributed by atoms with Gasteiger partial charge in [0.25, 0.3) is 0 Å². The van der Waals surface area contributed by atoms with E-state index in [1.165, 1.54) is 12.1 Å². The van der Waals surface area contributed by atoms with E-state index in [0.29, 0.717) is 24.7 Å². The number of likely N-dealkylation sites (N-methyl/N-ethyl adjacent to an activating group) is 1. The zero-order valence-corrected chi connectivity index (χ0v) is 16.9. The lowest BCUT2D eigenvalue weighted by Crippen LogP contribution is -2.36. The van der Waals surface area contributed by atoms with Crippen molar-refractivity contribution in [1.29, 1.82) is 0 Å². The molecule has 3 aromatic rings. The van der Waals surface area contributed by atoms with Crippen LogP contribution in [-0.4, -0.2) is 43.1 Å². The van der Waals surface area contributed by atoms with Crippen molar-refractivity contribution in [2.45, 2.75) is 30.3 Å². The summed E-state index contributed by atoms with van der Waals surface area (Å²) in [5.41, 5.74) is 2.00. The Morgan fingerprint density at radius 3 is 2.52 bits per heavy atom. The zero-order valence-electron chi connectivity index (χ0n) is 16.0. The van der Waals surface area contributed by atoms with Gasteiger partial charge in [-0.2, -0.15) is 4.98 Å². The number of likely N-dealkylation sites (tertiary alicyclic amines) is 1. The van der Waals surface area contributed by atoms with Crippen LogP contribution in [0.25, 0.3) is 11.4 Å². The van der Waals surface area contributed by atoms with Crippen molar-refractivity contribution in [3.05, 3.63) is 65.8 Å². The number of hydrogen-bond acceptors (Lipinski definition) is 6. The Morgan fingerprint density at radius 1 is 1.14 bits per heavy atom. The van der Waals surface area contributed by atoms with Gasteiger partial charge in [0, 0.05) is 18.2 Å². The number of halogens is 1. The van der Waals surface area contributed by atoms with Crippen LogP contribution in [0.4, 0.5) is 4.39 Å². The Kier molecular flexibility index (Phi) is 5.20. The molecule has 9 heteroatoms. The number of hydrogen-bond donors (Lipinski definition) is 1. The normalized spacial score (nSPS) is 20.2. The van der Waals surface area contributed by atoms with Gasteiger partial charge in [-0.3, -0.25) is 4.90 Å². The highest BCUT2D eigenvalue weighted by Crippen LogP contribution is 2.31. The third-order valence-electron chi connectivity index (χ3n) is 5.03. The molecule has 0 amide bonds.